The smallest absolute Gasteiger partial charge is 0.252 e. The van der Waals surface area contributed by atoms with Crippen molar-refractivity contribution in [3.05, 3.63) is 88.7 Å². The number of ether oxygens (including phenoxy) is 1. The number of carbonyl (C=O) groups is 1. The molecular formula is C25H22BrN3O2. The lowest BCUT2D eigenvalue weighted by atomic mass is 10.0. The highest BCUT2D eigenvalue weighted by Gasteiger charge is 2.15. The van der Waals surface area contributed by atoms with E-state index >= 15 is 0 Å². The highest BCUT2D eigenvalue weighted by Crippen LogP contribution is 2.28. The zero-order valence-electron chi connectivity index (χ0n) is 17.1. The lowest BCUT2D eigenvalue weighted by Gasteiger charge is -2.12. The van der Waals surface area contributed by atoms with Crippen molar-refractivity contribution >= 4 is 32.7 Å². The van der Waals surface area contributed by atoms with Gasteiger partial charge >= 0.3 is 0 Å². The number of fused-ring (bicyclic) bond motifs is 1. The average Bonchev–Trinajstić information content (AvgIpc) is 2.81. The van der Waals surface area contributed by atoms with Crippen LogP contribution in [0.5, 0.6) is 5.75 Å². The molecule has 4 rings (SSSR count). The molecule has 0 saturated heterocycles. The Morgan fingerprint density at radius 2 is 1.90 bits per heavy atom. The molecule has 2 aromatic carbocycles. The highest BCUT2D eigenvalue weighted by molar-refractivity contribution is 9.10. The van der Waals surface area contributed by atoms with E-state index in [1.807, 2.05) is 66.7 Å². The quantitative estimate of drug-likeness (QED) is 0.368. The lowest BCUT2D eigenvalue weighted by Crippen LogP contribution is -2.23. The molecule has 0 spiro atoms. The van der Waals surface area contributed by atoms with Crippen molar-refractivity contribution in [2.75, 3.05) is 6.61 Å². The Bertz CT molecular complexity index is 1190. The topological polar surface area (TPSA) is 64.1 Å². The van der Waals surface area contributed by atoms with Gasteiger partial charge < -0.3 is 10.1 Å². The van der Waals surface area contributed by atoms with Crippen molar-refractivity contribution in [1.29, 1.82) is 0 Å². The molecular weight excluding hydrogens is 454 g/mol. The number of benzene rings is 2. The summed E-state index contributed by atoms with van der Waals surface area (Å²) in [5.74, 6) is 0.656. The van der Waals surface area contributed by atoms with E-state index in [0.29, 0.717) is 18.7 Å². The molecule has 0 atom stereocenters. The molecule has 0 unspecified atom stereocenters. The second kappa shape index (κ2) is 9.71. The predicted molar refractivity (Wildman–Crippen MR) is 126 cm³/mol. The zero-order valence-corrected chi connectivity index (χ0v) is 18.7. The Hall–Kier alpha value is -3.25. The second-order valence-corrected chi connectivity index (χ2v) is 8.01. The van der Waals surface area contributed by atoms with Gasteiger partial charge in [-0.2, -0.15) is 0 Å². The van der Waals surface area contributed by atoms with Gasteiger partial charge in [-0.15, -0.1) is 0 Å². The van der Waals surface area contributed by atoms with E-state index in [1.54, 1.807) is 6.20 Å². The summed E-state index contributed by atoms with van der Waals surface area (Å²) in [5.41, 5.74) is 3.80. The van der Waals surface area contributed by atoms with E-state index in [1.165, 1.54) is 0 Å². The zero-order chi connectivity index (χ0) is 21.6. The van der Waals surface area contributed by atoms with Crippen LogP contribution in [0.2, 0.25) is 0 Å². The van der Waals surface area contributed by atoms with E-state index in [9.17, 15) is 4.79 Å². The van der Waals surface area contributed by atoms with Gasteiger partial charge in [-0.05, 0) is 67.1 Å². The van der Waals surface area contributed by atoms with Crippen LogP contribution in [0.25, 0.3) is 22.2 Å². The number of aromatic nitrogens is 2. The molecule has 0 radical (unpaired) electrons. The molecule has 2 aromatic heterocycles. The van der Waals surface area contributed by atoms with E-state index < -0.39 is 0 Å². The molecule has 2 heterocycles. The number of nitrogens with one attached hydrogen (secondary N) is 1. The van der Waals surface area contributed by atoms with Crippen molar-refractivity contribution in [2.45, 2.75) is 19.9 Å². The van der Waals surface area contributed by atoms with Crippen molar-refractivity contribution in [3.63, 3.8) is 0 Å². The van der Waals surface area contributed by atoms with Gasteiger partial charge in [-0.1, -0.05) is 28.9 Å². The normalized spacial score (nSPS) is 10.8. The summed E-state index contributed by atoms with van der Waals surface area (Å²) in [5, 5.41) is 3.76. The summed E-state index contributed by atoms with van der Waals surface area (Å²) in [7, 11) is 0. The minimum Gasteiger partial charge on any atom is -0.494 e. The van der Waals surface area contributed by atoms with Gasteiger partial charge in [0.05, 0.1) is 35.6 Å². The van der Waals surface area contributed by atoms with Crippen LogP contribution in [-0.2, 0) is 6.54 Å². The number of hydrogen-bond donors (Lipinski definition) is 1. The number of amides is 1. The van der Waals surface area contributed by atoms with Crippen LogP contribution in [0, 0.1) is 0 Å². The molecule has 0 aliphatic carbocycles. The standard InChI is InChI=1S/C25H22BrN3O2/c1-2-13-31-20-9-6-17(7-10-20)24-15-22(21-14-18(26)8-11-23(21)29-24)25(30)28-16-19-5-3-4-12-27-19/h3-12,14-15H,2,13,16H2,1H3,(H,28,30). The average molecular weight is 476 g/mol. The van der Waals surface area contributed by atoms with Crippen molar-refractivity contribution in [3.8, 4) is 17.0 Å². The first-order valence-corrected chi connectivity index (χ1v) is 10.9. The third kappa shape index (κ3) is 5.09. The number of nitrogens with zero attached hydrogens (tertiary/aromatic N) is 2. The van der Waals surface area contributed by atoms with Crippen molar-refractivity contribution in [2.24, 2.45) is 0 Å². The third-order valence-electron chi connectivity index (χ3n) is 4.79. The molecule has 4 aromatic rings. The molecule has 6 heteroatoms. The Kier molecular flexibility index (Phi) is 6.57. The van der Waals surface area contributed by atoms with E-state index in [4.69, 9.17) is 9.72 Å². The van der Waals surface area contributed by atoms with Crippen LogP contribution in [0.1, 0.15) is 29.4 Å². The number of halogens is 1. The minimum atomic E-state index is -0.166. The number of pyridine rings is 2. The van der Waals surface area contributed by atoms with Gasteiger partial charge in [-0.3, -0.25) is 9.78 Å². The summed E-state index contributed by atoms with van der Waals surface area (Å²) < 4.78 is 6.56. The van der Waals surface area contributed by atoms with Crippen LogP contribution in [-0.4, -0.2) is 22.5 Å². The van der Waals surface area contributed by atoms with Crippen LogP contribution in [0.15, 0.2) is 77.4 Å². The van der Waals surface area contributed by atoms with Crippen LogP contribution in [0.3, 0.4) is 0 Å². The first-order chi connectivity index (χ1) is 15.1. The predicted octanol–water partition coefficient (Wildman–Crippen LogP) is 5.78. The first-order valence-electron chi connectivity index (χ1n) is 10.2. The Morgan fingerprint density at radius 1 is 1.06 bits per heavy atom. The third-order valence-corrected chi connectivity index (χ3v) is 5.29. The molecule has 0 aliphatic heterocycles. The Labute approximate surface area is 189 Å². The maximum absolute atomic E-state index is 13.1. The SMILES string of the molecule is CCCOc1ccc(-c2cc(C(=O)NCc3ccccn3)c3cc(Br)ccc3n2)cc1. The first kappa shape index (κ1) is 21.0. The fourth-order valence-electron chi connectivity index (χ4n) is 3.24. The van der Waals surface area contributed by atoms with Crippen LogP contribution >= 0.6 is 15.9 Å². The second-order valence-electron chi connectivity index (χ2n) is 7.09. The Morgan fingerprint density at radius 3 is 2.65 bits per heavy atom. The maximum Gasteiger partial charge on any atom is 0.252 e. The summed E-state index contributed by atoms with van der Waals surface area (Å²) in [6, 6.07) is 21.0. The van der Waals surface area contributed by atoms with Gasteiger partial charge in [0.2, 0.25) is 0 Å². The lowest BCUT2D eigenvalue weighted by molar-refractivity contribution is 0.0952. The molecule has 156 valence electrons. The van der Waals surface area contributed by atoms with Gasteiger partial charge in [0.15, 0.2) is 0 Å². The fourth-order valence-corrected chi connectivity index (χ4v) is 3.61. The van der Waals surface area contributed by atoms with Gasteiger partial charge in [0, 0.05) is 21.6 Å². The number of hydrogen-bond acceptors (Lipinski definition) is 4. The molecule has 0 fully saturated rings. The summed E-state index contributed by atoms with van der Waals surface area (Å²) >= 11 is 3.50. The maximum atomic E-state index is 13.1. The molecule has 1 amide bonds. The molecule has 5 nitrogen and oxygen atoms in total. The summed E-state index contributed by atoms with van der Waals surface area (Å²) in [6.45, 7) is 3.12. The van der Waals surface area contributed by atoms with Gasteiger partial charge in [-0.25, -0.2) is 4.98 Å². The van der Waals surface area contributed by atoms with Crippen LogP contribution in [0.4, 0.5) is 0 Å². The molecule has 1 N–H and O–H groups in total. The van der Waals surface area contributed by atoms with E-state index in [2.05, 4.69) is 33.2 Å². The summed E-state index contributed by atoms with van der Waals surface area (Å²) in [4.78, 5) is 22.2. The van der Waals surface area contributed by atoms with Crippen LogP contribution < -0.4 is 10.1 Å². The van der Waals surface area contributed by atoms with Crippen molar-refractivity contribution < 1.29 is 9.53 Å². The molecule has 0 aliphatic rings. The fraction of sp³-hybridized carbons (Fsp3) is 0.160. The summed E-state index contributed by atoms with van der Waals surface area (Å²) in [6.07, 6.45) is 2.67. The van der Waals surface area contributed by atoms with E-state index in [0.717, 1.165) is 44.5 Å². The molecule has 31 heavy (non-hydrogen) atoms. The van der Waals surface area contributed by atoms with Crippen molar-refractivity contribution in [1.82, 2.24) is 15.3 Å². The molecule has 0 bridgehead atoms. The number of rotatable bonds is 7. The van der Waals surface area contributed by atoms with Gasteiger partial charge in [0.1, 0.15) is 5.75 Å². The monoisotopic (exact) mass is 475 g/mol. The Balaban J connectivity index is 1.68. The minimum absolute atomic E-state index is 0.166. The largest absolute Gasteiger partial charge is 0.494 e. The highest BCUT2D eigenvalue weighted by atomic mass is 79.9. The molecule has 0 saturated carbocycles. The number of carbonyl (C=O) groups excluding carboxylic acids is 1. The van der Waals surface area contributed by atoms with E-state index in [-0.39, 0.29) is 5.91 Å². The van der Waals surface area contributed by atoms with Gasteiger partial charge in [0.25, 0.3) is 5.91 Å².